The summed E-state index contributed by atoms with van der Waals surface area (Å²) in [4.78, 5) is 11.0. The van der Waals surface area contributed by atoms with E-state index in [9.17, 15) is 4.79 Å². The summed E-state index contributed by atoms with van der Waals surface area (Å²) >= 11 is 0. The van der Waals surface area contributed by atoms with Gasteiger partial charge in [0, 0.05) is 11.1 Å². The smallest absolute Gasteiger partial charge is 0.150 e. The lowest BCUT2D eigenvalue weighted by Gasteiger charge is -2.10. The fraction of sp³-hybridized carbons (Fsp3) is 0.267. The highest BCUT2D eigenvalue weighted by Gasteiger charge is 2.08. The molecule has 18 heavy (non-hydrogen) atoms. The van der Waals surface area contributed by atoms with Crippen molar-refractivity contribution in [1.82, 2.24) is 0 Å². The fourth-order valence-corrected chi connectivity index (χ4v) is 1.66. The minimum atomic E-state index is 0.466. The van der Waals surface area contributed by atoms with Gasteiger partial charge in [-0.3, -0.25) is 4.79 Å². The highest BCUT2D eigenvalue weighted by Crippen LogP contribution is 2.27. The predicted octanol–water partition coefficient (Wildman–Crippen LogP) is 3.79. The Hall–Kier alpha value is -2.03. The SMILES string of the molecule is CC(C)COc1ccc(C=O)c(-c2ccoc2)c1. The Morgan fingerprint density at radius 2 is 2.17 bits per heavy atom. The molecule has 0 aliphatic carbocycles. The van der Waals surface area contributed by atoms with E-state index in [1.54, 1.807) is 18.6 Å². The molecule has 1 aromatic carbocycles. The number of ether oxygens (including phenoxy) is 1. The lowest BCUT2D eigenvalue weighted by Crippen LogP contribution is -2.04. The first kappa shape index (κ1) is 12.4. The Bertz CT molecular complexity index is 513. The van der Waals surface area contributed by atoms with E-state index in [4.69, 9.17) is 9.15 Å². The highest BCUT2D eigenvalue weighted by molar-refractivity contribution is 5.87. The van der Waals surface area contributed by atoms with Gasteiger partial charge < -0.3 is 9.15 Å². The molecule has 2 aromatic rings. The molecule has 0 atom stereocenters. The van der Waals surface area contributed by atoms with Crippen LogP contribution in [0.2, 0.25) is 0 Å². The van der Waals surface area contributed by atoms with Gasteiger partial charge in [-0.05, 0) is 35.7 Å². The molecule has 1 aromatic heterocycles. The number of furan rings is 1. The van der Waals surface area contributed by atoms with Gasteiger partial charge in [0.1, 0.15) is 5.75 Å². The molecule has 0 saturated carbocycles. The molecule has 0 radical (unpaired) electrons. The monoisotopic (exact) mass is 244 g/mol. The minimum absolute atomic E-state index is 0.466. The van der Waals surface area contributed by atoms with Crippen molar-refractivity contribution in [1.29, 1.82) is 0 Å². The fourth-order valence-electron chi connectivity index (χ4n) is 1.66. The number of hydrogen-bond donors (Lipinski definition) is 0. The van der Waals surface area contributed by atoms with Crippen LogP contribution in [0.25, 0.3) is 11.1 Å². The van der Waals surface area contributed by atoms with Crippen LogP contribution >= 0.6 is 0 Å². The average molecular weight is 244 g/mol. The molecule has 0 spiro atoms. The topological polar surface area (TPSA) is 39.4 Å². The van der Waals surface area contributed by atoms with Crippen LogP contribution in [0.1, 0.15) is 24.2 Å². The van der Waals surface area contributed by atoms with Crippen LogP contribution in [0.3, 0.4) is 0 Å². The van der Waals surface area contributed by atoms with Crippen molar-refractivity contribution < 1.29 is 13.9 Å². The number of aldehydes is 1. The third kappa shape index (κ3) is 2.80. The number of rotatable bonds is 5. The van der Waals surface area contributed by atoms with Gasteiger partial charge in [0.15, 0.2) is 6.29 Å². The predicted molar refractivity (Wildman–Crippen MR) is 69.9 cm³/mol. The van der Waals surface area contributed by atoms with Crippen LogP contribution in [-0.4, -0.2) is 12.9 Å². The number of hydrogen-bond acceptors (Lipinski definition) is 3. The van der Waals surface area contributed by atoms with Gasteiger partial charge in [-0.2, -0.15) is 0 Å². The Morgan fingerprint density at radius 3 is 2.78 bits per heavy atom. The zero-order chi connectivity index (χ0) is 13.0. The summed E-state index contributed by atoms with van der Waals surface area (Å²) < 4.78 is 10.7. The highest BCUT2D eigenvalue weighted by atomic mass is 16.5. The summed E-state index contributed by atoms with van der Waals surface area (Å²) in [5.41, 5.74) is 2.35. The van der Waals surface area contributed by atoms with Gasteiger partial charge in [0.2, 0.25) is 0 Å². The molecule has 94 valence electrons. The molecule has 0 aliphatic heterocycles. The summed E-state index contributed by atoms with van der Waals surface area (Å²) in [6.07, 6.45) is 4.05. The van der Waals surface area contributed by atoms with Crippen molar-refractivity contribution in [2.45, 2.75) is 13.8 Å². The molecule has 0 saturated heterocycles. The minimum Gasteiger partial charge on any atom is -0.493 e. The quantitative estimate of drug-likeness (QED) is 0.751. The van der Waals surface area contributed by atoms with E-state index in [2.05, 4.69) is 13.8 Å². The Kier molecular flexibility index (Phi) is 3.82. The van der Waals surface area contributed by atoms with E-state index in [-0.39, 0.29) is 0 Å². The number of benzene rings is 1. The normalized spacial score (nSPS) is 10.6. The second-order valence-electron chi connectivity index (χ2n) is 4.58. The Labute approximate surface area is 106 Å². The summed E-state index contributed by atoms with van der Waals surface area (Å²) in [6.45, 7) is 4.85. The molecule has 0 unspecified atom stereocenters. The average Bonchev–Trinajstić information content (AvgIpc) is 2.89. The first-order valence-electron chi connectivity index (χ1n) is 5.95. The van der Waals surface area contributed by atoms with Gasteiger partial charge in [-0.15, -0.1) is 0 Å². The molecular weight excluding hydrogens is 228 g/mol. The molecule has 3 nitrogen and oxygen atoms in total. The van der Waals surface area contributed by atoms with Crippen molar-refractivity contribution >= 4 is 6.29 Å². The maximum Gasteiger partial charge on any atom is 0.150 e. The van der Waals surface area contributed by atoms with Crippen LogP contribution in [-0.2, 0) is 0 Å². The van der Waals surface area contributed by atoms with E-state index >= 15 is 0 Å². The standard InChI is InChI=1S/C15H16O3/c1-11(2)9-18-14-4-3-12(8-16)15(7-14)13-5-6-17-10-13/h3-8,10-11H,9H2,1-2H3. The molecule has 0 N–H and O–H groups in total. The summed E-state index contributed by atoms with van der Waals surface area (Å²) in [6, 6.07) is 7.28. The van der Waals surface area contributed by atoms with E-state index in [0.717, 1.165) is 23.2 Å². The molecule has 2 rings (SSSR count). The third-order valence-corrected chi connectivity index (χ3v) is 2.57. The lowest BCUT2D eigenvalue weighted by molar-refractivity contribution is 0.112. The van der Waals surface area contributed by atoms with Crippen molar-refractivity contribution in [3.8, 4) is 16.9 Å². The van der Waals surface area contributed by atoms with Gasteiger partial charge in [-0.25, -0.2) is 0 Å². The molecule has 0 fully saturated rings. The van der Waals surface area contributed by atoms with Gasteiger partial charge in [0.25, 0.3) is 0 Å². The number of carbonyl (C=O) groups is 1. The lowest BCUT2D eigenvalue weighted by atomic mass is 10.0. The van der Waals surface area contributed by atoms with Crippen LogP contribution in [0, 0.1) is 5.92 Å². The zero-order valence-corrected chi connectivity index (χ0v) is 10.6. The summed E-state index contributed by atoms with van der Waals surface area (Å²) in [5.74, 6) is 1.23. The van der Waals surface area contributed by atoms with Crippen molar-refractivity contribution in [2.24, 2.45) is 5.92 Å². The van der Waals surface area contributed by atoms with Crippen molar-refractivity contribution in [3.63, 3.8) is 0 Å². The Morgan fingerprint density at radius 1 is 1.33 bits per heavy atom. The molecule has 1 heterocycles. The van der Waals surface area contributed by atoms with E-state index in [1.165, 1.54) is 0 Å². The van der Waals surface area contributed by atoms with E-state index in [0.29, 0.717) is 18.1 Å². The second kappa shape index (κ2) is 5.54. The second-order valence-corrected chi connectivity index (χ2v) is 4.58. The first-order valence-corrected chi connectivity index (χ1v) is 5.95. The largest absolute Gasteiger partial charge is 0.493 e. The molecule has 0 amide bonds. The third-order valence-electron chi connectivity index (χ3n) is 2.57. The summed E-state index contributed by atoms with van der Waals surface area (Å²) in [5, 5.41) is 0. The molecule has 0 bridgehead atoms. The van der Waals surface area contributed by atoms with Crippen molar-refractivity contribution in [3.05, 3.63) is 42.4 Å². The van der Waals surface area contributed by atoms with Crippen LogP contribution < -0.4 is 4.74 Å². The van der Waals surface area contributed by atoms with Gasteiger partial charge in [0.05, 0.1) is 19.1 Å². The number of carbonyl (C=O) groups excluding carboxylic acids is 1. The maximum absolute atomic E-state index is 11.0. The van der Waals surface area contributed by atoms with E-state index < -0.39 is 0 Å². The maximum atomic E-state index is 11.0. The summed E-state index contributed by atoms with van der Waals surface area (Å²) in [7, 11) is 0. The molecule has 3 heteroatoms. The Balaban J connectivity index is 2.31. The zero-order valence-electron chi connectivity index (χ0n) is 10.6. The van der Waals surface area contributed by atoms with E-state index in [1.807, 2.05) is 18.2 Å². The van der Waals surface area contributed by atoms with Crippen molar-refractivity contribution in [2.75, 3.05) is 6.61 Å². The van der Waals surface area contributed by atoms with Crippen LogP contribution in [0.5, 0.6) is 5.75 Å². The molecule has 0 aliphatic rings. The van der Waals surface area contributed by atoms with Gasteiger partial charge >= 0.3 is 0 Å². The molecular formula is C15H16O3. The van der Waals surface area contributed by atoms with Crippen LogP contribution in [0.4, 0.5) is 0 Å². The van der Waals surface area contributed by atoms with Crippen LogP contribution in [0.15, 0.2) is 41.2 Å². The first-order chi connectivity index (χ1) is 8.70. The van der Waals surface area contributed by atoms with Gasteiger partial charge in [-0.1, -0.05) is 13.8 Å².